The summed E-state index contributed by atoms with van der Waals surface area (Å²) < 4.78 is 43.0. The van der Waals surface area contributed by atoms with E-state index in [4.69, 9.17) is 4.74 Å². The lowest BCUT2D eigenvalue weighted by molar-refractivity contribution is -0.143. The highest BCUT2D eigenvalue weighted by molar-refractivity contribution is 5.95. The normalized spacial score (nSPS) is 18.8. The highest BCUT2D eigenvalue weighted by Gasteiger charge is 2.33. The minimum Gasteiger partial charge on any atom is -0.372 e. The maximum atomic E-state index is 12.6. The number of nitrogens with one attached hydrogen (secondary N) is 1. The first-order chi connectivity index (χ1) is 11.7. The molecule has 9 heteroatoms. The minimum atomic E-state index is -4.54. The predicted molar refractivity (Wildman–Crippen MR) is 83.8 cm³/mol. The first-order valence-corrected chi connectivity index (χ1v) is 7.88. The Labute approximate surface area is 143 Å². The molecule has 0 bridgehead atoms. The third-order valence-corrected chi connectivity index (χ3v) is 4.00. The largest absolute Gasteiger partial charge is 0.433 e. The first kappa shape index (κ1) is 19.2. The van der Waals surface area contributed by atoms with E-state index in [2.05, 4.69) is 10.3 Å². The van der Waals surface area contributed by atoms with Gasteiger partial charge < -0.3 is 15.0 Å². The van der Waals surface area contributed by atoms with E-state index < -0.39 is 23.9 Å². The van der Waals surface area contributed by atoms with Gasteiger partial charge in [-0.3, -0.25) is 9.59 Å². The van der Waals surface area contributed by atoms with Gasteiger partial charge in [-0.2, -0.15) is 13.2 Å². The Morgan fingerprint density at radius 3 is 2.72 bits per heavy atom. The molecule has 1 saturated heterocycles. The molecule has 1 aliphatic rings. The second kappa shape index (κ2) is 7.81. The average molecular weight is 359 g/mol. The molecule has 1 atom stereocenters. The summed E-state index contributed by atoms with van der Waals surface area (Å²) in [7, 11) is 1.45. The molecule has 2 rings (SSSR count). The lowest BCUT2D eigenvalue weighted by Gasteiger charge is -2.23. The lowest BCUT2D eigenvalue weighted by atomic mass is 10.2. The third kappa shape index (κ3) is 4.91. The lowest BCUT2D eigenvalue weighted by Crippen LogP contribution is -2.43. The second-order valence-electron chi connectivity index (χ2n) is 5.86. The number of hydrogen-bond acceptors (Lipinski definition) is 4. The summed E-state index contributed by atoms with van der Waals surface area (Å²) in [6, 6.07) is 1.96. The van der Waals surface area contributed by atoms with Gasteiger partial charge in [0.15, 0.2) is 0 Å². The number of amides is 2. The summed E-state index contributed by atoms with van der Waals surface area (Å²) in [4.78, 5) is 29.3. The van der Waals surface area contributed by atoms with Crippen molar-refractivity contribution in [1.29, 1.82) is 0 Å². The predicted octanol–water partition coefficient (Wildman–Crippen LogP) is 2.37. The summed E-state index contributed by atoms with van der Waals surface area (Å²) in [5, 5.41) is 2.51. The van der Waals surface area contributed by atoms with Crippen LogP contribution < -0.4 is 5.32 Å². The van der Waals surface area contributed by atoms with E-state index in [-0.39, 0.29) is 23.8 Å². The number of likely N-dealkylation sites (tertiary alicyclic amines) is 1. The van der Waals surface area contributed by atoms with Gasteiger partial charge in [0.2, 0.25) is 5.91 Å². The van der Waals surface area contributed by atoms with Gasteiger partial charge in [-0.25, -0.2) is 4.98 Å². The van der Waals surface area contributed by atoms with Crippen LogP contribution in [0.15, 0.2) is 12.1 Å². The highest BCUT2D eigenvalue weighted by Crippen LogP contribution is 2.29. The van der Waals surface area contributed by atoms with Gasteiger partial charge in [-0.05, 0) is 38.3 Å². The number of anilines is 1. The molecule has 2 amide bonds. The van der Waals surface area contributed by atoms with E-state index in [1.165, 1.54) is 18.9 Å². The van der Waals surface area contributed by atoms with Crippen LogP contribution in [0.2, 0.25) is 0 Å². The average Bonchev–Trinajstić information content (AvgIpc) is 2.70. The zero-order chi connectivity index (χ0) is 18.6. The standard InChI is InChI=1S/C16H20F3N3O3/c1-10-11(6-7-13(20-10)16(17,18)19)21-14(23)9-22-8-4-3-5-12(25-2)15(22)24/h6-7,12H,3-5,8-9H2,1-2H3,(H,21,23). The molecule has 2 heterocycles. The van der Waals surface area contributed by atoms with E-state index in [1.807, 2.05) is 0 Å². The van der Waals surface area contributed by atoms with Crippen LogP contribution in [0.5, 0.6) is 0 Å². The first-order valence-electron chi connectivity index (χ1n) is 7.88. The van der Waals surface area contributed by atoms with Gasteiger partial charge in [-0.1, -0.05) is 0 Å². The van der Waals surface area contributed by atoms with Crippen LogP contribution in [0.1, 0.15) is 30.7 Å². The van der Waals surface area contributed by atoms with Crippen LogP contribution in [0.4, 0.5) is 18.9 Å². The number of aryl methyl sites for hydroxylation is 1. The molecule has 0 aromatic carbocycles. The Morgan fingerprint density at radius 1 is 1.40 bits per heavy atom. The summed E-state index contributed by atoms with van der Waals surface area (Å²) in [5.74, 6) is -0.743. The molecule has 0 spiro atoms. The number of nitrogens with zero attached hydrogens (tertiary/aromatic N) is 2. The number of hydrogen-bond donors (Lipinski definition) is 1. The Morgan fingerprint density at radius 2 is 2.12 bits per heavy atom. The third-order valence-electron chi connectivity index (χ3n) is 4.00. The molecule has 0 saturated carbocycles. The molecule has 1 N–H and O–H groups in total. The number of halogens is 3. The van der Waals surface area contributed by atoms with Gasteiger partial charge in [0, 0.05) is 13.7 Å². The topological polar surface area (TPSA) is 71.5 Å². The number of aromatic nitrogens is 1. The molecule has 25 heavy (non-hydrogen) atoms. The number of carbonyl (C=O) groups is 2. The van der Waals surface area contributed by atoms with E-state index >= 15 is 0 Å². The van der Waals surface area contributed by atoms with Crippen molar-refractivity contribution in [3.8, 4) is 0 Å². The number of methoxy groups -OCH3 is 1. The number of rotatable bonds is 4. The van der Waals surface area contributed by atoms with Crippen molar-refractivity contribution in [3.05, 3.63) is 23.5 Å². The Kier molecular flexibility index (Phi) is 5.99. The molecule has 0 aliphatic carbocycles. The summed E-state index contributed by atoms with van der Waals surface area (Å²) >= 11 is 0. The smallest absolute Gasteiger partial charge is 0.372 e. The fourth-order valence-corrected chi connectivity index (χ4v) is 2.66. The van der Waals surface area contributed by atoms with Crippen LogP contribution in [0.25, 0.3) is 0 Å². The number of ether oxygens (including phenoxy) is 1. The van der Waals surface area contributed by atoms with Gasteiger partial charge in [0.25, 0.3) is 5.91 Å². The van der Waals surface area contributed by atoms with Crippen molar-refractivity contribution in [2.75, 3.05) is 25.5 Å². The fourth-order valence-electron chi connectivity index (χ4n) is 2.66. The Hall–Kier alpha value is -2.16. The van der Waals surface area contributed by atoms with Crippen LogP contribution in [-0.4, -0.2) is 48.0 Å². The molecule has 138 valence electrons. The number of alkyl halides is 3. The zero-order valence-electron chi connectivity index (χ0n) is 14.0. The van der Waals surface area contributed by atoms with Gasteiger partial charge in [0.05, 0.1) is 17.9 Å². The SMILES string of the molecule is COC1CCCCN(CC(=O)Nc2ccc(C(F)(F)F)nc2C)C1=O. The van der Waals surface area contributed by atoms with E-state index in [9.17, 15) is 22.8 Å². The molecule has 0 radical (unpaired) electrons. The molecule has 1 aromatic heterocycles. The van der Waals surface area contributed by atoms with Crippen LogP contribution in [0.3, 0.4) is 0 Å². The van der Waals surface area contributed by atoms with E-state index in [0.29, 0.717) is 13.0 Å². The molecule has 1 aromatic rings. The maximum absolute atomic E-state index is 12.6. The molecule has 6 nitrogen and oxygen atoms in total. The Balaban J connectivity index is 2.03. The van der Waals surface area contributed by atoms with Crippen molar-refractivity contribution >= 4 is 17.5 Å². The quantitative estimate of drug-likeness (QED) is 0.896. The van der Waals surface area contributed by atoms with Crippen molar-refractivity contribution < 1.29 is 27.5 Å². The minimum absolute atomic E-state index is 0.0557. The highest BCUT2D eigenvalue weighted by atomic mass is 19.4. The van der Waals surface area contributed by atoms with Gasteiger partial charge >= 0.3 is 6.18 Å². The number of carbonyl (C=O) groups excluding carboxylic acids is 2. The Bertz CT molecular complexity index is 649. The molecule has 1 aliphatic heterocycles. The van der Waals surface area contributed by atoms with E-state index in [0.717, 1.165) is 25.0 Å². The van der Waals surface area contributed by atoms with Gasteiger partial charge in [0.1, 0.15) is 11.8 Å². The summed E-state index contributed by atoms with van der Waals surface area (Å²) in [6.07, 6.45) is -2.91. The van der Waals surface area contributed by atoms with Crippen LogP contribution in [-0.2, 0) is 20.5 Å². The summed E-state index contributed by atoms with van der Waals surface area (Å²) in [5.41, 5.74) is -0.780. The molecule has 1 fully saturated rings. The van der Waals surface area contributed by atoms with Crippen molar-refractivity contribution in [2.45, 2.75) is 38.5 Å². The van der Waals surface area contributed by atoms with Gasteiger partial charge in [-0.15, -0.1) is 0 Å². The van der Waals surface area contributed by atoms with Crippen LogP contribution in [0, 0.1) is 6.92 Å². The maximum Gasteiger partial charge on any atom is 0.433 e. The second-order valence-corrected chi connectivity index (χ2v) is 5.86. The molecular weight excluding hydrogens is 339 g/mol. The summed E-state index contributed by atoms with van der Waals surface area (Å²) in [6.45, 7) is 1.64. The van der Waals surface area contributed by atoms with Crippen LogP contribution >= 0.6 is 0 Å². The molecular formula is C16H20F3N3O3. The van der Waals surface area contributed by atoms with Crippen molar-refractivity contribution in [3.63, 3.8) is 0 Å². The van der Waals surface area contributed by atoms with Crippen molar-refractivity contribution in [2.24, 2.45) is 0 Å². The molecule has 1 unspecified atom stereocenters. The van der Waals surface area contributed by atoms with Crippen molar-refractivity contribution in [1.82, 2.24) is 9.88 Å². The fraction of sp³-hybridized carbons (Fsp3) is 0.562. The van der Waals surface area contributed by atoms with E-state index in [1.54, 1.807) is 0 Å². The number of pyridine rings is 1. The monoisotopic (exact) mass is 359 g/mol. The zero-order valence-corrected chi connectivity index (χ0v) is 14.0.